The van der Waals surface area contributed by atoms with E-state index in [1.165, 1.54) is 18.4 Å². The van der Waals surface area contributed by atoms with Gasteiger partial charge in [-0.3, -0.25) is 14.5 Å². The molecule has 1 atom stereocenters. The molecular formula is C37H31N5. The van der Waals surface area contributed by atoms with E-state index < -0.39 is 0 Å². The molecule has 42 heavy (non-hydrogen) atoms. The van der Waals surface area contributed by atoms with Gasteiger partial charge in [0, 0.05) is 46.9 Å². The molecule has 5 nitrogen and oxygen atoms in total. The summed E-state index contributed by atoms with van der Waals surface area (Å²) in [5.41, 5.74) is 10.6. The third-order valence-electron chi connectivity index (χ3n) is 8.04. The zero-order valence-electron chi connectivity index (χ0n) is 23.8. The Kier molecular flexibility index (Phi) is 6.76. The summed E-state index contributed by atoms with van der Waals surface area (Å²) in [6, 6.07) is 33.8. The number of hydrogen-bond acceptors (Lipinski definition) is 4. The van der Waals surface area contributed by atoms with Gasteiger partial charge in [0.25, 0.3) is 0 Å². The minimum absolute atomic E-state index is 0.547. The van der Waals surface area contributed by atoms with Crippen molar-refractivity contribution in [2.45, 2.75) is 32.6 Å². The Labute approximate surface area is 245 Å². The van der Waals surface area contributed by atoms with Gasteiger partial charge in [-0.05, 0) is 78.1 Å². The number of benzene rings is 2. The van der Waals surface area contributed by atoms with Crippen molar-refractivity contribution >= 4 is 21.9 Å². The molecule has 0 bridgehead atoms. The third-order valence-corrected chi connectivity index (χ3v) is 8.04. The van der Waals surface area contributed by atoms with E-state index in [1.54, 1.807) is 0 Å². The second-order valence-corrected chi connectivity index (χ2v) is 10.8. The molecular weight excluding hydrogens is 514 g/mol. The van der Waals surface area contributed by atoms with Gasteiger partial charge in [-0.1, -0.05) is 62.7 Å². The van der Waals surface area contributed by atoms with Crippen molar-refractivity contribution < 1.29 is 0 Å². The van der Waals surface area contributed by atoms with Crippen molar-refractivity contribution in [3.05, 3.63) is 127 Å². The second-order valence-electron chi connectivity index (χ2n) is 10.8. The number of fused-ring (bicyclic) bond motifs is 3. The largest absolute Gasteiger partial charge is 0.292 e. The summed E-state index contributed by atoms with van der Waals surface area (Å²) in [4.78, 5) is 18.9. The van der Waals surface area contributed by atoms with Crippen LogP contribution in [0.25, 0.3) is 61.4 Å². The standard InChI is InChI=1S/C37H31N5/c1-3-7-25(2)26-11-13-27(14-12-26)32-22-30(23-33(41-32)28-17-20-38-21-18-28)29-15-16-36(40-24-29)42-34-9-5-4-8-31(34)37-35(42)10-6-19-39-37/h4-6,8-25H,3,7H2,1-2H3. The molecule has 0 aliphatic rings. The summed E-state index contributed by atoms with van der Waals surface area (Å²) in [6.07, 6.45) is 9.79. The van der Waals surface area contributed by atoms with Crippen molar-refractivity contribution in [2.24, 2.45) is 0 Å². The Balaban J connectivity index is 1.31. The van der Waals surface area contributed by atoms with E-state index >= 15 is 0 Å². The van der Waals surface area contributed by atoms with Gasteiger partial charge in [-0.2, -0.15) is 0 Å². The van der Waals surface area contributed by atoms with Crippen LogP contribution in [-0.2, 0) is 0 Å². The molecule has 7 rings (SSSR count). The van der Waals surface area contributed by atoms with E-state index in [-0.39, 0.29) is 0 Å². The van der Waals surface area contributed by atoms with Crippen LogP contribution in [0.4, 0.5) is 0 Å². The zero-order valence-corrected chi connectivity index (χ0v) is 23.8. The lowest BCUT2D eigenvalue weighted by atomic mass is 9.94. The number of nitrogens with zero attached hydrogens (tertiary/aromatic N) is 5. The number of rotatable bonds is 7. The maximum Gasteiger partial charge on any atom is 0.137 e. The van der Waals surface area contributed by atoms with Crippen LogP contribution in [0.5, 0.6) is 0 Å². The lowest BCUT2D eigenvalue weighted by Gasteiger charge is -2.13. The van der Waals surface area contributed by atoms with Crippen molar-refractivity contribution in [3.8, 4) is 39.5 Å². The molecule has 0 radical (unpaired) electrons. The SMILES string of the molecule is CCCC(C)c1ccc(-c2cc(-c3ccc(-n4c5ccccc5c5ncccc54)nc3)cc(-c3ccncc3)n2)cc1. The van der Waals surface area contributed by atoms with E-state index in [0.29, 0.717) is 5.92 Å². The number of aromatic nitrogens is 5. The Morgan fingerprint density at radius 2 is 1.38 bits per heavy atom. The van der Waals surface area contributed by atoms with Crippen LogP contribution in [0.1, 0.15) is 38.2 Å². The van der Waals surface area contributed by atoms with Crippen molar-refractivity contribution in [1.82, 2.24) is 24.5 Å². The number of hydrogen-bond donors (Lipinski definition) is 0. The molecule has 0 N–H and O–H groups in total. The molecule has 0 fully saturated rings. The molecule has 7 aromatic rings. The molecule has 0 amide bonds. The van der Waals surface area contributed by atoms with Gasteiger partial charge in [-0.25, -0.2) is 9.97 Å². The van der Waals surface area contributed by atoms with Crippen LogP contribution in [0.15, 0.2) is 122 Å². The van der Waals surface area contributed by atoms with Gasteiger partial charge < -0.3 is 0 Å². The molecule has 204 valence electrons. The van der Waals surface area contributed by atoms with E-state index in [2.05, 4.69) is 107 Å². The highest BCUT2D eigenvalue weighted by molar-refractivity contribution is 6.06. The van der Waals surface area contributed by atoms with Crippen LogP contribution in [0.2, 0.25) is 0 Å². The highest BCUT2D eigenvalue weighted by Crippen LogP contribution is 2.33. The van der Waals surface area contributed by atoms with Gasteiger partial charge in [0.1, 0.15) is 5.82 Å². The normalized spacial score (nSPS) is 12.1. The van der Waals surface area contributed by atoms with E-state index in [4.69, 9.17) is 9.97 Å². The fraction of sp³-hybridized carbons (Fsp3) is 0.135. The molecule has 1 unspecified atom stereocenters. The van der Waals surface area contributed by atoms with Crippen LogP contribution in [0.3, 0.4) is 0 Å². The zero-order chi connectivity index (χ0) is 28.5. The molecule has 0 spiro atoms. The topological polar surface area (TPSA) is 56.5 Å². The van der Waals surface area contributed by atoms with Crippen molar-refractivity contribution in [2.75, 3.05) is 0 Å². The summed E-state index contributed by atoms with van der Waals surface area (Å²) >= 11 is 0. The minimum Gasteiger partial charge on any atom is -0.292 e. The van der Waals surface area contributed by atoms with Crippen molar-refractivity contribution in [1.29, 1.82) is 0 Å². The highest BCUT2D eigenvalue weighted by atomic mass is 15.1. The fourth-order valence-electron chi connectivity index (χ4n) is 5.82. The molecule has 5 heterocycles. The average molecular weight is 546 g/mol. The van der Waals surface area contributed by atoms with Crippen molar-refractivity contribution in [3.63, 3.8) is 0 Å². The Morgan fingerprint density at radius 1 is 0.667 bits per heavy atom. The first kappa shape index (κ1) is 25.8. The predicted octanol–water partition coefficient (Wildman–Crippen LogP) is 9.27. The Hall–Kier alpha value is -5.16. The van der Waals surface area contributed by atoms with E-state index in [9.17, 15) is 0 Å². The first-order valence-corrected chi connectivity index (χ1v) is 14.5. The molecule has 2 aromatic carbocycles. The van der Waals surface area contributed by atoms with Crippen LogP contribution in [-0.4, -0.2) is 24.5 Å². The fourth-order valence-corrected chi connectivity index (χ4v) is 5.82. The molecule has 0 saturated carbocycles. The molecule has 0 saturated heterocycles. The van der Waals surface area contributed by atoms with Gasteiger partial charge in [-0.15, -0.1) is 0 Å². The lowest BCUT2D eigenvalue weighted by Crippen LogP contribution is -1.98. The minimum atomic E-state index is 0.547. The Bertz CT molecular complexity index is 1940. The smallest absolute Gasteiger partial charge is 0.137 e. The molecule has 5 aromatic heterocycles. The van der Waals surface area contributed by atoms with E-state index in [0.717, 1.165) is 61.4 Å². The third kappa shape index (κ3) is 4.73. The molecule has 5 heteroatoms. The second kappa shape index (κ2) is 11.0. The van der Waals surface area contributed by atoms with Gasteiger partial charge in [0.2, 0.25) is 0 Å². The summed E-state index contributed by atoms with van der Waals surface area (Å²) < 4.78 is 2.18. The maximum absolute atomic E-state index is 5.08. The summed E-state index contributed by atoms with van der Waals surface area (Å²) in [7, 11) is 0. The van der Waals surface area contributed by atoms with Crippen LogP contribution >= 0.6 is 0 Å². The monoisotopic (exact) mass is 545 g/mol. The maximum atomic E-state index is 5.08. The lowest BCUT2D eigenvalue weighted by molar-refractivity contribution is 0.665. The summed E-state index contributed by atoms with van der Waals surface area (Å²) in [6.45, 7) is 4.54. The first-order chi connectivity index (χ1) is 20.7. The van der Waals surface area contributed by atoms with E-state index in [1.807, 2.05) is 43.0 Å². The van der Waals surface area contributed by atoms with Gasteiger partial charge in [0.05, 0.1) is 27.9 Å². The number of pyridine rings is 4. The van der Waals surface area contributed by atoms with Gasteiger partial charge in [0.15, 0.2) is 0 Å². The average Bonchev–Trinajstić information content (AvgIpc) is 3.40. The highest BCUT2D eigenvalue weighted by Gasteiger charge is 2.15. The summed E-state index contributed by atoms with van der Waals surface area (Å²) in [5, 5.41) is 1.12. The quantitative estimate of drug-likeness (QED) is 0.200. The predicted molar refractivity (Wildman–Crippen MR) is 172 cm³/mol. The number of para-hydroxylation sites is 1. The molecule has 0 aliphatic carbocycles. The Morgan fingerprint density at radius 3 is 2.12 bits per heavy atom. The van der Waals surface area contributed by atoms with Gasteiger partial charge >= 0.3 is 0 Å². The van der Waals surface area contributed by atoms with Crippen LogP contribution < -0.4 is 0 Å². The molecule has 0 aliphatic heterocycles. The summed E-state index contributed by atoms with van der Waals surface area (Å²) in [5.74, 6) is 1.41. The first-order valence-electron chi connectivity index (χ1n) is 14.5. The van der Waals surface area contributed by atoms with Crippen LogP contribution in [0, 0.1) is 0 Å².